The number of aliphatic hydroxyl groups is 1. The van der Waals surface area contributed by atoms with E-state index in [-0.39, 0.29) is 6.10 Å². The van der Waals surface area contributed by atoms with Gasteiger partial charge in [0.25, 0.3) is 0 Å². The van der Waals surface area contributed by atoms with Crippen LogP contribution in [0.2, 0.25) is 0 Å². The standard InChI is InChI=1S/C12H23NO2/c1-9-10(7-8-15-9)13-11-5-3-2-4-6-12(11)14/h9-14H,2-8H2,1H3. The van der Waals surface area contributed by atoms with Gasteiger partial charge in [-0.15, -0.1) is 0 Å². The second-order valence-electron chi connectivity index (χ2n) is 4.95. The Hall–Kier alpha value is -0.120. The van der Waals surface area contributed by atoms with E-state index in [0.717, 1.165) is 25.9 Å². The van der Waals surface area contributed by atoms with Crippen molar-refractivity contribution >= 4 is 0 Å². The largest absolute Gasteiger partial charge is 0.392 e. The molecule has 1 aliphatic heterocycles. The fourth-order valence-corrected chi connectivity index (χ4v) is 2.71. The molecule has 1 aliphatic carbocycles. The number of nitrogens with one attached hydrogen (secondary N) is 1. The molecule has 0 bridgehead atoms. The Morgan fingerprint density at radius 2 is 1.87 bits per heavy atom. The highest BCUT2D eigenvalue weighted by atomic mass is 16.5. The molecule has 0 radical (unpaired) electrons. The molecule has 0 amide bonds. The van der Waals surface area contributed by atoms with E-state index in [1.54, 1.807) is 0 Å². The van der Waals surface area contributed by atoms with Crippen molar-refractivity contribution in [2.45, 2.75) is 69.7 Å². The summed E-state index contributed by atoms with van der Waals surface area (Å²) in [6, 6.07) is 0.740. The summed E-state index contributed by atoms with van der Waals surface area (Å²) in [5, 5.41) is 13.6. The van der Waals surface area contributed by atoms with Crippen molar-refractivity contribution in [3.05, 3.63) is 0 Å². The first-order valence-corrected chi connectivity index (χ1v) is 6.33. The highest BCUT2D eigenvalue weighted by Gasteiger charge is 2.29. The van der Waals surface area contributed by atoms with E-state index in [9.17, 15) is 5.11 Å². The van der Waals surface area contributed by atoms with Gasteiger partial charge in [0, 0.05) is 18.7 Å². The zero-order chi connectivity index (χ0) is 10.7. The molecule has 2 N–H and O–H groups in total. The lowest BCUT2D eigenvalue weighted by Gasteiger charge is -2.27. The van der Waals surface area contributed by atoms with Gasteiger partial charge in [-0.2, -0.15) is 0 Å². The molecule has 3 nitrogen and oxygen atoms in total. The molecule has 88 valence electrons. The summed E-state index contributed by atoms with van der Waals surface area (Å²) in [5.41, 5.74) is 0. The Morgan fingerprint density at radius 3 is 2.60 bits per heavy atom. The maximum atomic E-state index is 9.99. The first-order valence-electron chi connectivity index (χ1n) is 6.33. The number of hydrogen-bond donors (Lipinski definition) is 2. The monoisotopic (exact) mass is 213 g/mol. The van der Waals surface area contributed by atoms with Crippen LogP contribution >= 0.6 is 0 Å². The Balaban J connectivity index is 1.85. The molecule has 2 rings (SSSR count). The highest BCUT2D eigenvalue weighted by Crippen LogP contribution is 2.21. The summed E-state index contributed by atoms with van der Waals surface area (Å²) in [6.45, 7) is 2.98. The van der Waals surface area contributed by atoms with Crippen molar-refractivity contribution in [2.75, 3.05) is 6.61 Å². The van der Waals surface area contributed by atoms with Crippen LogP contribution in [0.25, 0.3) is 0 Å². The van der Waals surface area contributed by atoms with Gasteiger partial charge in [-0.1, -0.05) is 19.3 Å². The maximum absolute atomic E-state index is 9.99. The van der Waals surface area contributed by atoms with Crippen molar-refractivity contribution < 1.29 is 9.84 Å². The fraction of sp³-hybridized carbons (Fsp3) is 1.00. The molecular weight excluding hydrogens is 190 g/mol. The molecule has 4 unspecified atom stereocenters. The molecule has 1 saturated carbocycles. The minimum absolute atomic E-state index is 0.153. The third kappa shape index (κ3) is 2.92. The summed E-state index contributed by atoms with van der Waals surface area (Å²) in [4.78, 5) is 0. The van der Waals surface area contributed by atoms with E-state index in [1.165, 1.54) is 19.3 Å². The van der Waals surface area contributed by atoms with Crippen molar-refractivity contribution in [3.63, 3.8) is 0 Å². The third-order valence-electron chi connectivity index (χ3n) is 3.78. The molecule has 3 heteroatoms. The van der Waals surface area contributed by atoms with Gasteiger partial charge in [-0.05, 0) is 26.2 Å². The lowest BCUT2D eigenvalue weighted by Crippen LogP contribution is -2.47. The molecular formula is C12H23NO2. The molecule has 15 heavy (non-hydrogen) atoms. The van der Waals surface area contributed by atoms with Gasteiger partial charge in [-0.25, -0.2) is 0 Å². The molecule has 0 aromatic carbocycles. The second-order valence-corrected chi connectivity index (χ2v) is 4.95. The molecule has 1 heterocycles. The minimum Gasteiger partial charge on any atom is -0.392 e. The zero-order valence-corrected chi connectivity index (χ0v) is 9.61. The Kier molecular flexibility index (Phi) is 4.00. The van der Waals surface area contributed by atoms with Crippen LogP contribution in [-0.4, -0.2) is 36.0 Å². The van der Waals surface area contributed by atoms with Gasteiger partial charge in [0.15, 0.2) is 0 Å². The number of rotatable bonds is 2. The zero-order valence-electron chi connectivity index (χ0n) is 9.61. The Bertz CT molecular complexity index is 198. The number of ether oxygens (including phenoxy) is 1. The minimum atomic E-state index is -0.153. The third-order valence-corrected chi connectivity index (χ3v) is 3.78. The van der Waals surface area contributed by atoms with E-state index in [4.69, 9.17) is 4.74 Å². The van der Waals surface area contributed by atoms with E-state index in [0.29, 0.717) is 18.2 Å². The van der Waals surface area contributed by atoms with Gasteiger partial charge >= 0.3 is 0 Å². The van der Waals surface area contributed by atoms with Crippen molar-refractivity contribution in [3.8, 4) is 0 Å². The molecule has 2 aliphatic rings. The number of aliphatic hydroxyl groups excluding tert-OH is 1. The predicted molar refractivity (Wildman–Crippen MR) is 59.8 cm³/mol. The molecule has 0 spiro atoms. The summed E-state index contributed by atoms with van der Waals surface area (Å²) >= 11 is 0. The van der Waals surface area contributed by atoms with Crippen LogP contribution in [0.15, 0.2) is 0 Å². The van der Waals surface area contributed by atoms with Gasteiger partial charge in [0.1, 0.15) is 0 Å². The van der Waals surface area contributed by atoms with Gasteiger partial charge in [0.05, 0.1) is 12.2 Å². The Labute approximate surface area is 92.2 Å². The van der Waals surface area contributed by atoms with Gasteiger partial charge in [-0.3, -0.25) is 0 Å². The molecule has 4 atom stereocenters. The topological polar surface area (TPSA) is 41.5 Å². The summed E-state index contributed by atoms with van der Waals surface area (Å²) in [5.74, 6) is 0. The van der Waals surface area contributed by atoms with Crippen LogP contribution in [0.5, 0.6) is 0 Å². The van der Waals surface area contributed by atoms with Crippen LogP contribution in [0.1, 0.15) is 45.4 Å². The summed E-state index contributed by atoms with van der Waals surface area (Å²) in [6.07, 6.45) is 7.01. The van der Waals surface area contributed by atoms with Crippen molar-refractivity contribution in [2.24, 2.45) is 0 Å². The Morgan fingerprint density at radius 1 is 1.07 bits per heavy atom. The van der Waals surface area contributed by atoms with E-state index in [1.807, 2.05) is 0 Å². The first kappa shape index (κ1) is 11.4. The van der Waals surface area contributed by atoms with Gasteiger partial charge < -0.3 is 15.2 Å². The normalized spacial score (nSPS) is 42.8. The lowest BCUT2D eigenvalue weighted by molar-refractivity contribution is 0.0870. The highest BCUT2D eigenvalue weighted by molar-refractivity contribution is 4.87. The smallest absolute Gasteiger partial charge is 0.0700 e. The van der Waals surface area contributed by atoms with Crippen molar-refractivity contribution in [1.82, 2.24) is 5.32 Å². The fourth-order valence-electron chi connectivity index (χ4n) is 2.71. The SMILES string of the molecule is CC1OCCC1NC1CCCCCC1O. The van der Waals surface area contributed by atoms with Crippen LogP contribution in [0.4, 0.5) is 0 Å². The molecule has 1 saturated heterocycles. The summed E-state index contributed by atoms with van der Waals surface area (Å²) in [7, 11) is 0. The van der Waals surface area contributed by atoms with Crippen LogP contribution in [0.3, 0.4) is 0 Å². The van der Waals surface area contributed by atoms with E-state index in [2.05, 4.69) is 12.2 Å². The van der Waals surface area contributed by atoms with Gasteiger partial charge in [0.2, 0.25) is 0 Å². The van der Waals surface area contributed by atoms with Crippen molar-refractivity contribution in [1.29, 1.82) is 0 Å². The maximum Gasteiger partial charge on any atom is 0.0700 e. The van der Waals surface area contributed by atoms with E-state index >= 15 is 0 Å². The number of hydrogen-bond acceptors (Lipinski definition) is 3. The molecule has 0 aromatic rings. The van der Waals surface area contributed by atoms with Crippen LogP contribution < -0.4 is 5.32 Å². The average molecular weight is 213 g/mol. The average Bonchev–Trinajstić information content (AvgIpc) is 2.50. The van der Waals surface area contributed by atoms with Crippen LogP contribution in [-0.2, 0) is 4.74 Å². The summed E-state index contributed by atoms with van der Waals surface area (Å²) < 4.78 is 5.53. The lowest BCUT2D eigenvalue weighted by atomic mass is 10.0. The van der Waals surface area contributed by atoms with Crippen LogP contribution in [0, 0.1) is 0 Å². The first-order chi connectivity index (χ1) is 7.27. The molecule has 2 fully saturated rings. The predicted octanol–water partition coefficient (Wildman–Crippen LogP) is 1.45. The molecule has 0 aromatic heterocycles. The van der Waals surface area contributed by atoms with E-state index < -0.39 is 0 Å². The quantitative estimate of drug-likeness (QED) is 0.682. The second kappa shape index (κ2) is 5.28.